The van der Waals surface area contributed by atoms with Crippen molar-refractivity contribution in [1.82, 2.24) is 5.32 Å². The topological polar surface area (TPSA) is 43.0 Å². The van der Waals surface area contributed by atoms with Gasteiger partial charge in [0.1, 0.15) is 12.0 Å². The molecule has 0 aliphatic carbocycles. The zero-order chi connectivity index (χ0) is 19.3. The van der Waals surface area contributed by atoms with Crippen molar-refractivity contribution in [2.45, 2.75) is 12.8 Å². The first-order valence-corrected chi connectivity index (χ1v) is 10.0. The highest BCUT2D eigenvalue weighted by Gasteiger charge is 2.21. The molecule has 0 aromatic heterocycles. The summed E-state index contributed by atoms with van der Waals surface area (Å²) in [7, 11) is 1.73. The van der Waals surface area contributed by atoms with Gasteiger partial charge in [0.15, 0.2) is 17.3 Å². The van der Waals surface area contributed by atoms with Crippen LogP contribution in [0.5, 0.6) is 17.2 Å². The lowest BCUT2D eigenvalue weighted by Crippen LogP contribution is -2.38. The van der Waals surface area contributed by atoms with Crippen LogP contribution in [0.3, 0.4) is 0 Å². The molecule has 0 saturated carbocycles. The molecule has 2 heterocycles. The molecule has 148 valence electrons. The van der Waals surface area contributed by atoms with Crippen LogP contribution in [-0.2, 0) is 0 Å². The number of hydrogen-bond acceptors (Lipinski definition) is 5. The summed E-state index contributed by atoms with van der Waals surface area (Å²) in [4.78, 5) is 2.41. The van der Waals surface area contributed by atoms with Crippen LogP contribution in [0, 0.1) is 5.92 Å². The Kier molecular flexibility index (Phi) is 5.93. The molecule has 2 aliphatic heterocycles. The summed E-state index contributed by atoms with van der Waals surface area (Å²) in [5, 5.41) is 4.14. The van der Waals surface area contributed by atoms with Gasteiger partial charge in [-0.1, -0.05) is 23.7 Å². The zero-order valence-corrected chi connectivity index (χ0v) is 16.7. The molecule has 1 fully saturated rings. The minimum absolute atomic E-state index is 0.636. The lowest BCUT2D eigenvalue weighted by atomic mass is 9.96. The fourth-order valence-corrected chi connectivity index (χ4v) is 3.86. The van der Waals surface area contributed by atoms with E-state index in [-0.39, 0.29) is 0 Å². The molecule has 2 aliphatic rings. The van der Waals surface area contributed by atoms with Gasteiger partial charge in [-0.3, -0.25) is 0 Å². The average Bonchev–Trinajstić information content (AvgIpc) is 2.74. The molecule has 2 aromatic carbocycles. The van der Waals surface area contributed by atoms with Gasteiger partial charge >= 0.3 is 0 Å². The van der Waals surface area contributed by atoms with E-state index in [1.807, 2.05) is 18.2 Å². The summed E-state index contributed by atoms with van der Waals surface area (Å²) >= 11 is 5.97. The number of para-hydroxylation sites is 2. The largest absolute Gasteiger partial charge is 0.495 e. The van der Waals surface area contributed by atoms with E-state index in [2.05, 4.69) is 22.3 Å². The van der Waals surface area contributed by atoms with Crippen molar-refractivity contribution in [3.63, 3.8) is 0 Å². The molecule has 5 nitrogen and oxygen atoms in total. The van der Waals surface area contributed by atoms with Gasteiger partial charge in [-0.2, -0.15) is 0 Å². The normalized spacial score (nSPS) is 16.6. The molecule has 28 heavy (non-hydrogen) atoms. The molecule has 0 bridgehead atoms. The summed E-state index contributed by atoms with van der Waals surface area (Å²) in [6.45, 7) is 3.70. The van der Waals surface area contributed by atoms with E-state index in [0.29, 0.717) is 29.0 Å². The lowest BCUT2D eigenvalue weighted by molar-refractivity contribution is 0.307. The van der Waals surface area contributed by atoms with Crippen molar-refractivity contribution >= 4 is 17.3 Å². The third-order valence-corrected chi connectivity index (χ3v) is 5.47. The Balaban J connectivity index is 1.22. The van der Waals surface area contributed by atoms with Crippen LogP contribution in [0.2, 0.25) is 5.02 Å². The van der Waals surface area contributed by atoms with Crippen LogP contribution in [0.15, 0.2) is 54.5 Å². The van der Waals surface area contributed by atoms with Gasteiger partial charge in [0.2, 0.25) is 0 Å². The fourth-order valence-electron chi connectivity index (χ4n) is 3.70. The molecule has 0 radical (unpaired) electrons. The first-order chi connectivity index (χ1) is 13.7. The van der Waals surface area contributed by atoms with Crippen molar-refractivity contribution in [2.75, 3.05) is 38.2 Å². The van der Waals surface area contributed by atoms with E-state index in [1.54, 1.807) is 25.5 Å². The summed E-state index contributed by atoms with van der Waals surface area (Å²) in [5.41, 5.74) is 1.19. The van der Waals surface area contributed by atoms with Crippen molar-refractivity contribution in [1.29, 1.82) is 0 Å². The van der Waals surface area contributed by atoms with Crippen molar-refractivity contribution in [3.8, 4) is 17.2 Å². The molecule has 0 atom stereocenters. The van der Waals surface area contributed by atoms with Gasteiger partial charge in [-0.15, -0.1) is 0 Å². The molecular formula is C22H25ClN2O3. The van der Waals surface area contributed by atoms with Gasteiger partial charge in [0.05, 0.1) is 19.3 Å². The number of halogens is 1. The fraction of sp³-hybridized carbons (Fsp3) is 0.364. The average molecular weight is 401 g/mol. The van der Waals surface area contributed by atoms with Crippen LogP contribution in [0.25, 0.3) is 0 Å². The number of hydrogen-bond donors (Lipinski definition) is 1. The summed E-state index contributed by atoms with van der Waals surface area (Å²) < 4.78 is 17.0. The quantitative estimate of drug-likeness (QED) is 0.775. The molecule has 4 rings (SSSR count). The van der Waals surface area contributed by atoms with E-state index in [4.69, 9.17) is 25.8 Å². The Hall–Kier alpha value is -2.37. The number of anilines is 1. The highest BCUT2D eigenvalue weighted by atomic mass is 35.5. The zero-order valence-electron chi connectivity index (χ0n) is 16.0. The van der Waals surface area contributed by atoms with Crippen LogP contribution < -0.4 is 24.4 Å². The van der Waals surface area contributed by atoms with Gasteiger partial charge in [-0.05, 0) is 49.6 Å². The Bertz CT molecular complexity index is 847. The van der Waals surface area contributed by atoms with Crippen molar-refractivity contribution in [2.24, 2.45) is 5.92 Å². The number of fused-ring (bicyclic) bond motifs is 1. The molecular weight excluding hydrogens is 376 g/mol. The summed E-state index contributed by atoms with van der Waals surface area (Å²) in [6.07, 6.45) is 3.96. The standard InChI is InChI=1S/C22H25ClN2O3/c1-26-20-5-3-2-4-19(20)25-10-8-16(9-11-25)13-24-14-18-15-27-22-12-17(23)6-7-21(22)28-18/h2-7,12,15-16,24H,8-11,13-14H2,1H3. The van der Waals surface area contributed by atoms with Gasteiger partial charge in [-0.25, -0.2) is 0 Å². The number of piperidine rings is 1. The summed E-state index contributed by atoms with van der Waals surface area (Å²) in [6, 6.07) is 13.6. The Morgan fingerprint density at radius 3 is 2.79 bits per heavy atom. The van der Waals surface area contributed by atoms with Crippen molar-refractivity contribution < 1.29 is 14.2 Å². The minimum atomic E-state index is 0.636. The van der Waals surface area contributed by atoms with Gasteiger partial charge in [0, 0.05) is 24.2 Å². The third kappa shape index (κ3) is 4.37. The highest BCUT2D eigenvalue weighted by molar-refractivity contribution is 6.30. The van der Waals surface area contributed by atoms with Gasteiger partial charge < -0.3 is 24.4 Å². The second-order valence-electron chi connectivity index (χ2n) is 7.13. The third-order valence-electron chi connectivity index (χ3n) is 5.24. The monoisotopic (exact) mass is 400 g/mol. The number of methoxy groups -OCH3 is 1. The number of benzene rings is 2. The maximum absolute atomic E-state index is 5.97. The molecule has 6 heteroatoms. The van der Waals surface area contributed by atoms with E-state index in [1.165, 1.54) is 5.69 Å². The predicted octanol–water partition coefficient (Wildman–Crippen LogP) is 4.47. The number of nitrogens with zero attached hydrogens (tertiary/aromatic N) is 1. The number of ether oxygens (including phenoxy) is 3. The van der Waals surface area contributed by atoms with Gasteiger partial charge in [0.25, 0.3) is 0 Å². The smallest absolute Gasteiger partial charge is 0.170 e. The van der Waals surface area contributed by atoms with Crippen LogP contribution in [0.1, 0.15) is 12.8 Å². The summed E-state index contributed by atoms with van der Waals surface area (Å²) in [5.74, 6) is 3.74. The van der Waals surface area contributed by atoms with Crippen molar-refractivity contribution in [3.05, 3.63) is 59.5 Å². The lowest BCUT2D eigenvalue weighted by Gasteiger charge is -2.34. The van der Waals surface area contributed by atoms with E-state index >= 15 is 0 Å². The molecule has 0 amide bonds. The maximum Gasteiger partial charge on any atom is 0.170 e. The van der Waals surface area contributed by atoms with E-state index < -0.39 is 0 Å². The Morgan fingerprint density at radius 2 is 1.96 bits per heavy atom. The molecule has 0 spiro atoms. The van der Waals surface area contributed by atoms with E-state index in [0.717, 1.165) is 44.0 Å². The number of nitrogens with one attached hydrogen (secondary N) is 1. The number of rotatable bonds is 6. The Labute approximate surface area is 170 Å². The molecule has 0 unspecified atom stereocenters. The first kappa shape index (κ1) is 19.0. The highest BCUT2D eigenvalue weighted by Crippen LogP contribution is 2.34. The van der Waals surface area contributed by atoms with E-state index in [9.17, 15) is 0 Å². The molecule has 1 N–H and O–H groups in total. The van der Waals surface area contributed by atoms with Crippen LogP contribution in [0.4, 0.5) is 5.69 Å². The maximum atomic E-state index is 5.97. The van der Waals surface area contributed by atoms with Crippen LogP contribution in [-0.4, -0.2) is 33.3 Å². The van der Waals surface area contributed by atoms with Crippen LogP contribution >= 0.6 is 11.6 Å². The second kappa shape index (κ2) is 8.76. The minimum Gasteiger partial charge on any atom is -0.495 e. The molecule has 2 aromatic rings. The predicted molar refractivity (Wildman–Crippen MR) is 112 cm³/mol. The second-order valence-corrected chi connectivity index (χ2v) is 7.56. The molecule has 1 saturated heterocycles. The first-order valence-electron chi connectivity index (χ1n) is 9.64. The Morgan fingerprint density at radius 1 is 1.14 bits per heavy atom. The SMILES string of the molecule is COc1ccccc1N1CCC(CNCC2=COc3cc(Cl)ccc3O2)CC1.